The molecule has 2 aromatic rings. The van der Waals surface area contributed by atoms with Gasteiger partial charge in [-0.05, 0) is 23.8 Å². The molecule has 0 saturated carbocycles. The van der Waals surface area contributed by atoms with Crippen LogP contribution in [-0.2, 0) is 20.9 Å². The number of nitrogens with zero attached hydrogens (tertiary/aromatic N) is 2. The van der Waals surface area contributed by atoms with Crippen LogP contribution >= 0.6 is 39.9 Å². The van der Waals surface area contributed by atoms with Crippen LogP contribution in [0.1, 0.15) is 11.1 Å². The van der Waals surface area contributed by atoms with Gasteiger partial charge in [0.15, 0.2) is 0 Å². The first-order valence-corrected chi connectivity index (χ1v) is 10.5. The Hall–Kier alpha value is -2.49. The Labute approximate surface area is 184 Å². The van der Waals surface area contributed by atoms with E-state index >= 15 is 0 Å². The van der Waals surface area contributed by atoms with Crippen molar-refractivity contribution in [3.05, 3.63) is 69.0 Å². The molecule has 1 fully saturated rings. The highest BCUT2D eigenvalue weighted by molar-refractivity contribution is 9.10. The van der Waals surface area contributed by atoms with Gasteiger partial charge in [-0.2, -0.15) is 0 Å². The molecule has 0 atom stereocenters. The van der Waals surface area contributed by atoms with Crippen molar-refractivity contribution in [2.45, 2.75) is 6.54 Å². The molecule has 0 bridgehead atoms. The number of carboxylic acids is 1. The lowest BCUT2D eigenvalue weighted by Gasteiger charge is -2.17. The molecule has 4 rings (SSSR count). The van der Waals surface area contributed by atoms with E-state index in [1.165, 1.54) is 0 Å². The second-order valence-corrected chi connectivity index (χ2v) is 8.96. The van der Waals surface area contributed by atoms with E-state index in [1.807, 2.05) is 42.5 Å². The summed E-state index contributed by atoms with van der Waals surface area (Å²) in [7, 11) is 0. The molecule has 2 aliphatic heterocycles. The second kappa shape index (κ2) is 7.74. The van der Waals surface area contributed by atoms with Gasteiger partial charge in [-0.1, -0.05) is 70.2 Å². The third-order valence-electron chi connectivity index (χ3n) is 4.53. The fourth-order valence-electron chi connectivity index (χ4n) is 3.27. The zero-order valence-electron chi connectivity index (χ0n) is 14.8. The molecule has 0 unspecified atom stereocenters. The lowest BCUT2D eigenvalue weighted by molar-refractivity contribution is -0.140. The van der Waals surface area contributed by atoms with Gasteiger partial charge in [-0.25, -0.2) is 0 Å². The summed E-state index contributed by atoms with van der Waals surface area (Å²) in [5.41, 5.74) is 2.52. The van der Waals surface area contributed by atoms with Gasteiger partial charge in [0.2, 0.25) is 0 Å². The number of aliphatic carboxylic acids is 1. The number of hydrogen-bond acceptors (Lipinski definition) is 5. The standard InChI is InChI=1S/C20H13BrN2O4S2/c21-12-6-7-14-13(8-12)16(17-19(27)23(10-15(24)25)20(28)29-17)18(26)22(14)9-11-4-2-1-3-5-11/h1-8H,9-10H2,(H,24,25)/b17-16+. The van der Waals surface area contributed by atoms with Gasteiger partial charge in [-0.3, -0.25) is 19.3 Å². The Kier molecular flexibility index (Phi) is 5.28. The maximum Gasteiger partial charge on any atom is 0.323 e. The van der Waals surface area contributed by atoms with Crippen LogP contribution in [0.2, 0.25) is 0 Å². The maximum absolute atomic E-state index is 13.4. The molecule has 0 radical (unpaired) electrons. The number of thioether (sulfide) groups is 1. The van der Waals surface area contributed by atoms with E-state index in [0.29, 0.717) is 17.8 Å². The summed E-state index contributed by atoms with van der Waals surface area (Å²) < 4.78 is 0.898. The van der Waals surface area contributed by atoms with Crippen LogP contribution in [0.15, 0.2) is 57.9 Å². The second-order valence-electron chi connectivity index (χ2n) is 6.40. The van der Waals surface area contributed by atoms with Crippen LogP contribution in [-0.4, -0.2) is 38.7 Å². The molecule has 6 nitrogen and oxygen atoms in total. The number of carbonyl (C=O) groups excluding carboxylic acids is 2. The third kappa shape index (κ3) is 3.61. The Balaban J connectivity index is 1.81. The Morgan fingerprint density at radius 1 is 1.07 bits per heavy atom. The fourth-order valence-corrected chi connectivity index (χ4v) is 4.95. The summed E-state index contributed by atoms with van der Waals surface area (Å²) in [5, 5.41) is 9.05. The van der Waals surface area contributed by atoms with E-state index < -0.39 is 18.4 Å². The molecule has 2 aliphatic rings. The largest absolute Gasteiger partial charge is 0.480 e. The highest BCUT2D eigenvalue weighted by Gasteiger charge is 2.42. The number of thiocarbonyl (C=S) groups is 1. The van der Waals surface area contributed by atoms with Gasteiger partial charge in [0.25, 0.3) is 11.8 Å². The third-order valence-corrected chi connectivity index (χ3v) is 6.47. The van der Waals surface area contributed by atoms with Crippen LogP contribution < -0.4 is 4.90 Å². The van der Waals surface area contributed by atoms with Gasteiger partial charge in [0, 0.05) is 10.0 Å². The van der Waals surface area contributed by atoms with Crippen LogP contribution in [0.4, 0.5) is 5.69 Å². The molecule has 2 amide bonds. The number of rotatable bonds is 4. The summed E-state index contributed by atoms with van der Waals surface area (Å²) in [6.07, 6.45) is 0. The molecule has 9 heteroatoms. The van der Waals surface area contributed by atoms with Gasteiger partial charge in [0.05, 0.1) is 22.7 Å². The smallest absolute Gasteiger partial charge is 0.323 e. The molecular formula is C20H13BrN2O4S2. The summed E-state index contributed by atoms with van der Waals surface area (Å²) in [6, 6.07) is 15.0. The lowest BCUT2D eigenvalue weighted by atomic mass is 10.1. The molecule has 1 N–H and O–H groups in total. The number of hydrogen-bond donors (Lipinski definition) is 1. The zero-order chi connectivity index (χ0) is 20.7. The van der Waals surface area contributed by atoms with E-state index in [1.54, 1.807) is 11.0 Å². The first-order chi connectivity index (χ1) is 13.9. The van der Waals surface area contributed by atoms with Crippen molar-refractivity contribution < 1.29 is 19.5 Å². The Morgan fingerprint density at radius 3 is 2.48 bits per heavy atom. The monoisotopic (exact) mass is 488 g/mol. The van der Waals surface area contributed by atoms with Crippen LogP contribution in [0, 0.1) is 0 Å². The molecule has 1 saturated heterocycles. The molecule has 0 aliphatic carbocycles. The molecule has 0 aromatic heterocycles. The van der Waals surface area contributed by atoms with E-state index in [-0.39, 0.29) is 20.7 Å². The minimum absolute atomic E-state index is 0.130. The molecular weight excluding hydrogens is 476 g/mol. The lowest BCUT2D eigenvalue weighted by Crippen LogP contribution is -2.33. The first kappa shape index (κ1) is 19.8. The van der Waals surface area contributed by atoms with Gasteiger partial charge in [0.1, 0.15) is 10.9 Å². The number of anilines is 1. The van der Waals surface area contributed by atoms with E-state index in [0.717, 1.165) is 26.7 Å². The number of carbonyl (C=O) groups is 3. The van der Waals surface area contributed by atoms with Crippen LogP contribution in [0.25, 0.3) is 5.57 Å². The van der Waals surface area contributed by atoms with Crippen molar-refractivity contribution in [2.75, 3.05) is 11.4 Å². The van der Waals surface area contributed by atoms with E-state index in [4.69, 9.17) is 17.3 Å². The maximum atomic E-state index is 13.4. The van der Waals surface area contributed by atoms with Crippen LogP contribution in [0.5, 0.6) is 0 Å². The zero-order valence-corrected chi connectivity index (χ0v) is 18.0. The summed E-state index contributed by atoms with van der Waals surface area (Å²) in [5.74, 6) is -2.03. The van der Waals surface area contributed by atoms with Gasteiger partial charge >= 0.3 is 5.97 Å². The summed E-state index contributed by atoms with van der Waals surface area (Å²) >= 11 is 9.57. The van der Waals surface area contributed by atoms with Gasteiger partial charge in [-0.15, -0.1) is 0 Å². The number of benzene rings is 2. The molecule has 0 spiro atoms. The van der Waals surface area contributed by atoms with E-state index in [2.05, 4.69) is 15.9 Å². The van der Waals surface area contributed by atoms with Crippen molar-refractivity contribution in [1.29, 1.82) is 0 Å². The Bertz CT molecular complexity index is 1100. The fraction of sp³-hybridized carbons (Fsp3) is 0.100. The van der Waals surface area contributed by atoms with Crippen molar-refractivity contribution in [1.82, 2.24) is 4.90 Å². The minimum atomic E-state index is -1.17. The summed E-state index contributed by atoms with van der Waals surface area (Å²) in [4.78, 5) is 40.1. The van der Waals surface area contributed by atoms with Crippen molar-refractivity contribution in [3.8, 4) is 0 Å². The van der Waals surface area contributed by atoms with Crippen LogP contribution in [0.3, 0.4) is 0 Å². The SMILES string of the molecule is O=C(O)CN1C(=O)/C(=C2\C(=O)N(Cc3ccccc3)c3ccc(Br)cc32)SC1=S. The molecule has 2 aromatic carbocycles. The predicted octanol–water partition coefficient (Wildman–Crippen LogP) is 3.65. The highest BCUT2D eigenvalue weighted by atomic mass is 79.9. The molecule has 146 valence electrons. The Morgan fingerprint density at radius 2 is 1.79 bits per heavy atom. The van der Waals surface area contributed by atoms with Gasteiger partial charge < -0.3 is 10.0 Å². The number of halogens is 1. The van der Waals surface area contributed by atoms with Crippen molar-refractivity contribution >= 4 is 73.3 Å². The number of carboxylic acid groups (broad SMARTS) is 1. The van der Waals surface area contributed by atoms with Crippen molar-refractivity contribution in [3.63, 3.8) is 0 Å². The topological polar surface area (TPSA) is 77.9 Å². The van der Waals surface area contributed by atoms with Crippen molar-refractivity contribution in [2.24, 2.45) is 0 Å². The minimum Gasteiger partial charge on any atom is -0.480 e. The van der Waals surface area contributed by atoms with E-state index in [9.17, 15) is 14.4 Å². The number of fused-ring (bicyclic) bond motifs is 1. The average Bonchev–Trinajstić information content (AvgIpc) is 3.10. The molecule has 2 heterocycles. The molecule has 29 heavy (non-hydrogen) atoms. The first-order valence-electron chi connectivity index (χ1n) is 8.52. The normalized spacial score (nSPS) is 18.6. The number of amides is 2. The average molecular weight is 489 g/mol. The highest BCUT2D eigenvalue weighted by Crippen LogP contribution is 2.45. The summed E-state index contributed by atoms with van der Waals surface area (Å²) in [6.45, 7) is -0.179. The quantitative estimate of drug-likeness (QED) is 0.522. The predicted molar refractivity (Wildman–Crippen MR) is 118 cm³/mol.